The van der Waals surface area contributed by atoms with Gasteiger partial charge < -0.3 is 14.5 Å². The number of hydrogen-bond acceptors (Lipinski definition) is 4. The molecule has 2 amide bonds. The molecule has 7 heteroatoms. The molecular formula is C21H26ClN3O3. The van der Waals surface area contributed by atoms with Crippen molar-refractivity contribution in [1.82, 2.24) is 14.7 Å². The predicted molar refractivity (Wildman–Crippen MR) is 108 cm³/mol. The van der Waals surface area contributed by atoms with Crippen LogP contribution in [0, 0.1) is 0 Å². The van der Waals surface area contributed by atoms with Gasteiger partial charge in [-0.05, 0) is 42.5 Å². The number of nitrogens with zero attached hydrogens (tertiary/aromatic N) is 3. The molecule has 3 fully saturated rings. The quantitative estimate of drug-likeness (QED) is 0.708. The molecule has 150 valence electrons. The van der Waals surface area contributed by atoms with E-state index in [0.29, 0.717) is 41.4 Å². The van der Waals surface area contributed by atoms with Crippen LogP contribution in [0.3, 0.4) is 0 Å². The molecule has 1 saturated carbocycles. The van der Waals surface area contributed by atoms with Crippen LogP contribution in [-0.2, 0) is 4.79 Å². The van der Waals surface area contributed by atoms with Crippen molar-refractivity contribution in [3.63, 3.8) is 0 Å². The van der Waals surface area contributed by atoms with Crippen LogP contribution in [0.1, 0.15) is 34.7 Å². The third kappa shape index (κ3) is 3.63. The Balaban J connectivity index is 1.39. The first-order valence-corrected chi connectivity index (χ1v) is 10.2. The average molecular weight is 404 g/mol. The largest absolute Gasteiger partial charge is 0.496 e. The van der Waals surface area contributed by atoms with Crippen LogP contribution in [0.4, 0.5) is 0 Å². The van der Waals surface area contributed by atoms with Gasteiger partial charge in [-0.1, -0.05) is 18.2 Å². The number of amides is 2. The van der Waals surface area contributed by atoms with Gasteiger partial charge in [0, 0.05) is 50.3 Å². The molecule has 6 nitrogen and oxygen atoms in total. The Morgan fingerprint density at radius 3 is 2.39 bits per heavy atom. The third-order valence-electron chi connectivity index (χ3n) is 6.03. The van der Waals surface area contributed by atoms with Gasteiger partial charge in [-0.3, -0.25) is 14.5 Å². The summed E-state index contributed by atoms with van der Waals surface area (Å²) in [7, 11) is 1.57. The van der Waals surface area contributed by atoms with Crippen molar-refractivity contribution >= 4 is 23.4 Å². The lowest BCUT2D eigenvalue weighted by molar-refractivity contribution is -0.133. The highest BCUT2D eigenvalue weighted by molar-refractivity contribution is 6.31. The number of rotatable bonds is 5. The molecule has 2 aliphatic heterocycles. The summed E-state index contributed by atoms with van der Waals surface area (Å²) in [6, 6.07) is 4.09. The summed E-state index contributed by atoms with van der Waals surface area (Å²) in [6.45, 7) is 8.01. The molecule has 1 aromatic rings. The second-order valence-electron chi connectivity index (χ2n) is 7.78. The van der Waals surface area contributed by atoms with E-state index in [-0.39, 0.29) is 11.8 Å². The van der Waals surface area contributed by atoms with Gasteiger partial charge in [0.1, 0.15) is 5.75 Å². The number of benzene rings is 1. The molecule has 1 aliphatic carbocycles. The van der Waals surface area contributed by atoms with Crippen LogP contribution in [0.25, 0.3) is 0 Å². The van der Waals surface area contributed by atoms with E-state index in [2.05, 4.69) is 11.5 Å². The van der Waals surface area contributed by atoms with E-state index in [4.69, 9.17) is 16.3 Å². The third-order valence-corrected chi connectivity index (χ3v) is 6.36. The van der Waals surface area contributed by atoms with Gasteiger partial charge in [0.25, 0.3) is 5.91 Å². The molecule has 0 spiro atoms. The fourth-order valence-electron chi connectivity index (χ4n) is 4.07. The van der Waals surface area contributed by atoms with Gasteiger partial charge in [0.15, 0.2) is 0 Å². The van der Waals surface area contributed by atoms with Gasteiger partial charge in [0.2, 0.25) is 5.91 Å². The number of carbonyl (C=O) groups excluding carboxylic acids is 2. The number of methoxy groups -OCH3 is 1. The number of hydrogen-bond donors (Lipinski definition) is 0. The summed E-state index contributed by atoms with van der Waals surface area (Å²) in [5.74, 6) is 1.01. The van der Waals surface area contributed by atoms with Crippen molar-refractivity contribution in [2.75, 3.05) is 46.4 Å². The number of ether oxygens (including phenoxy) is 1. The molecule has 0 radical (unpaired) electrons. The van der Waals surface area contributed by atoms with E-state index in [1.807, 2.05) is 11.0 Å². The summed E-state index contributed by atoms with van der Waals surface area (Å²) in [6.07, 6.45) is 3.62. The van der Waals surface area contributed by atoms with Gasteiger partial charge in [0.05, 0.1) is 12.7 Å². The average Bonchev–Trinajstić information content (AvgIpc) is 3.51. The van der Waals surface area contributed by atoms with Crippen LogP contribution in [-0.4, -0.2) is 78.9 Å². The van der Waals surface area contributed by atoms with Crippen molar-refractivity contribution in [2.45, 2.75) is 24.8 Å². The fraction of sp³-hybridized carbons (Fsp3) is 0.524. The molecule has 0 N–H and O–H groups in total. The highest BCUT2D eigenvalue weighted by Gasteiger charge is 2.36. The molecule has 0 aromatic heterocycles. The minimum atomic E-state index is -0.00800. The Morgan fingerprint density at radius 1 is 1.14 bits per heavy atom. The first kappa shape index (κ1) is 19.3. The van der Waals surface area contributed by atoms with Crippen molar-refractivity contribution in [2.24, 2.45) is 0 Å². The van der Waals surface area contributed by atoms with Crippen LogP contribution < -0.4 is 4.74 Å². The van der Waals surface area contributed by atoms with Gasteiger partial charge in [-0.15, -0.1) is 0 Å². The maximum Gasteiger partial charge on any atom is 0.257 e. The maximum atomic E-state index is 13.1. The summed E-state index contributed by atoms with van der Waals surface area (Å²) < 4.78 is 5.44. The standard InChI is InChI=1S/C21H26ClN3O3/c1-3-20(26)25-12-15(13-25)23-6-8-24(9-7-23)21(27)17-10-16(14-4-5-14)18(22)11-19(17)28-2/h3,10-11,14-15H,1,4-9,12-13H2,2H3. The minimum absolute atomic E-state index is 0.00661. The Labute approximate surface area is 170 Å². The van der Waals surface area contributed by atoms with E-state index in [0.717, 1.165) is 44.6 Å². The molecule has 0 unspecified atom stereocenters. The first-order chi connectivity index (χ1) is 13.5. The number of piperazine rings is 1. The van der Waals surface area contributed by atoms with Crippen LogP contribution in [0.5, 0.6) is 5.75 Å². The summed E-state index contributed by atoms with van der Waals surface area (Å²) in [5.41, 5.74) is 1.67. The van der Waals surface area contributed by atoms with Crippen molar-refractivity contribution in [3.05, 3.63) is 40.9 Å². The zero-order valence-corrected chi connectivity index (χ0v) is 17.0. The minimum Gasteiger partial charge on any atom is -0.496 e. The SMILES string of the molecule is C=CC(=O)N1CC(N2CCN(C(=O)c3cc(C4CC4)c(Cl)cc3OC)CC2)C1. The van der Waals surface area contributed by atoms with Crippen LogP contribution >= 0.6 is 11.6 Å². The van der Waals surface area contributed by atoms with Crippen molar-refractivity contribution in [1.29, 1.82) is 0 Å². The van der Waals surface area contributed by atoms with E-state index >= 15 is 0 Å². The Morgan fingerprint density at radius 2 is 1.82 bits per heavy atom. The Bertz CT molecular complexity index is 794. The maximum absolute atomic E-state index is 13.1. The molecule has 3 aliphatic rings. The number of carbonyl (C=O) groups is 2. The Hall–Kier alpha value is -2.05. The Kier molecular flexibility index (Phi) is 5.34. The predicted octanol–water partition coefficient (Wildman–Crippen LogP) is 2.38. The van der Waals surface area contributed by atoms with E-state index in [9.17, 15) is 9.59 Å². The smallest absolute Gasteiger partial charge is 0.257 e. The van der Waals surface area contributed by atoms with E-state index < -0.39 is 0 Å². The topological polar surface area (TPSA) is 53.1 Å². The highest BCUT2D eigenvalue weighted by Crippen LogP contribution is 2.45. The lowest BCUT2D eigenvalue weighted by atomic mass is 10.0. The normalized spacial score (nSPS) is 20.6. The lowest BCUT2D eigenvalue weighted by Gasteiger charge is -2.47. The van der Waals surface area contributed by atoms with Gasteiger partial charge >= 0.3 is 0 Å². The van der Waals surface area contributed by atoms with Crippen molar-refractivity contribution in [3.8, 4) is 5.75 Å². The molecular weight excluding hydrogens is 378 g/mol. The monoisotopic (exact) mass is 403 g/mol. The molecule has 0 bridgehead atoms. The summed E-state index contributed by atoms with van der Waals surface area (Å²) in [4.78, 5) is 30.8. The van der Waals surface area contributed by atoms with Crippen LogP contribution in [0.15, 0.2) is 24.8 Å². The lowest BCUT2D eigenvalue weighted by Crippen LogP contribution is -2.64. The van der Waals surface area contributed by atoms with Crippen molar-refractivity contribution < 1.29 is 14.3 Å². The van der Waals surface area contributed by atoms with E-state index in [1.165, 1.54) is 6.08 Å². The van der Waals surface area contributed by atoms with Gasteiger partial charge in [-0.25, -0.2) is 0 Å². The van der Waals surface area contributed by atoms with Crippen LogP contribution in [0.2, 0.25) is 5.02 Å². The zero-order chi connectivity index (χ0) is 19.8. The highest BCUT2D eigenvalue weighted by atomic mass is 35.5. The molecule has 2 heterocycles. The molecule has 0 atom stereocenters. The number of likely N-dealkylation sites (tertiary alicyclic amines) is 1. The molecule has 1 aromatic carbocycles. The number of halogens is 1. The summed E-state index contributed by atoms with van der Waals surface area (Å²) >= 11 is 6.38. The molecule has 4 rings (SSSR count). The van der Waals surface area contributed by atoms with Gasteiger partial charge in [-0.2, -0.15) is 0 Å². The second-order valence-corrected chi connectivity index (χ2v) is 8.18. The van der Waals surface area contributed by atoms with E-state index in [1.54, 1.807) is 18.1 Å². The zero-order valence-electron chi connectivity index (χ0n) is 16.2. The fourth-order valence-corrected chi connectivity index (χ4v) is 4.38. The summed E-state index contributed by atoms with van der Waals surface area (Å²) in [5, 5.41) is 0.685. The molecule has 2 saturated heterocycles. The molecule has 28 heavy (non-hydrogen) atoms. The second kappa shape index (κ2) is 7.76. The first-order valence-electron chi connectivity index (χ1n) is 9.84.